The molecule has 2 rings (SSSR count). The molecule has 20 heavy (non-hydrogen) atoms. The number of carbonyl (C=O) groups excluding carboxylic acids is 1. The van der Waals surface area contributed by atoms with E-state index in [4.69, 9.17) is 4.74 Å². The van der Waals surface area contributed by atoms with Crippen LogP contribution in [0, 0.1) is 35.0 Å². The van der Waals surface area contributed by atoms with Gasteiger partial charge in [-0.1, -0.05) is 0 Å². The SMILES string of the molecule is O=C(COc1c(F)c(F)c(F)c(F)c1F)C1CCOC1. The Hall–Kier alpha value is -1.70. The van der Waals surface area contributed by atoms with E-state index in [1.165, 1.54) is 0 Å². The maximum absolute atomic E-state index is 13.2. The minimum Gasteiger partial charge on any atom is -0.480 e. The predicted octanol–water partition coefficient (Wildman–Crippen LogP) is 2.37. The fraction of sp³-hybridized carbons (Fsp3) is 0.417. The smallest absolute Gasteiger partial charge is 0.207 e. The molecule has 0 radical (unpaired) electrons. The van der Waals surface area contributed by atoms with Gasteiger partial charge in [-0.25, -0.2) is 13.2 Å². The highest BCUT2D eigenvalue weighted by molar-refractivity contribution is 5.82. The van der Waals surface area contributed by atoms with Crippen molar-refractivity contribution in [3.63, 3.8) is 0 Å². The second-order valence-corrected chi connectivity index (χ2v) is 4.21. The molecule has 8 heteroatoms. The molecule has 1 aromatic rings. The van der Waals surface area contributed by atoms with Crippen LogP contribution in [-0.4, -0.2) is 25.6 Å². The molecule has 0 N–H and O–H groups in total. The van der Waals surface area contributed by atoms with Crippen molar-refractivity contribution >= 4 is 5.78 Å². The Labute approximate surface area is 110 Å². The summed E-state index contributed by atoms with van der Waals surface area (Å²) in [6, 6.07) is 0. The summed E-state index contributed by atoms with van der Waals surface area (Å²) in [5, 5.41) is 0. The molecule has 1 heterocycles. The summed E-state index contributed by atoms with van der Waals surface area (Å²) in [4.78, 5) is 11.6. The lowest BCUT2D eigenvalue weighted by Gasteiger charge is -2.11. The minimum atomic E-state index is -2.28. The van der Waals surface area contributed by atoms with Crippen molar-refractivity contribution in [1.82, 2.24) is 0 Å². The second-order valence-electron chi connectivity index (χ2n) is 4.21. The van der Waals surface area contributed by atoms with Gasteiger partial charge < -0.3 is 9.47 Å². The number of benzene rings is 1. The largest absolute Gasteiger partial charge is 0.480 e. The van der Waals surface area contributed by atoms with Crippen LogP contribution >= 0.6 is 0 Å². The van der Waals surface area contributed by atoms with Gasteiger partial charge in [-0.3, -0.25) is 4.79 Å². The summed E-state index contributed by atoms with van der Waals surface area (Å²) < 4.78 is 74.4. The maximum atomic E-state index is 13.2. The van der Waals surface area contributed by atoms with Gasteiger partial charge in [0, 0.05) is 12.5 Å². The third-order valence-corrected chi connectivity index (χ3v) is 2.91. The summed E-state index contributed by atoms with van der Waals surface area (Å²) in [6.07, 6.45) is 0.430. The van der Waals surface area contributed by atoms with E-state index < -0.39 is 53.1 Å². The van der Waals surface area contributed by atoms with Gasteiger partial charge in [-0.15, -0.1) is 0 Å². The molecule has 0 aromatic heterocycles. The van der Waals surface area contributed by atoms with Crippen molar-refractivity contribution < 1.29 is 36.2 Å². The number of hydrogen-bond donors (Lipinski definition) is 0. The summed E-state index contributed by atoms with van der Waals surface area (Å²) in [6.45, 7) is -0.259. The van der Waals surface area contributed by atoms with E-state index in [1.807, 2.05) is 0 Å². The Morgan fingerprint density at radius 3 is 2.10 bits per heavy atom. The fourth-order valence-corrected chi connectivity index (χ4v) is 1.76. The molecule has 0 amide bonds. The number of ketones is 1. The number of hydrogen-bond acceptors (Lipinski definition) is 3. The lowest BCUT2D eigenvalue weighted by molar-refractivity contribution is -0.124. The maximum Gasteiger partial charge on any atom is 0.207 e. The molecular formula is C12H9F5O3. The van der Waals surface area contributed by atoms with E-state index in [-0.39, 0.29) is 6.61 Å². The average molecular weight is 296 g/mol. The molecule has 1 aromatic carbocycles. The molecule has 0 bridgehead atoms. The highest BCUT2D eigenvalue weighted by Crippen LogP contribution is 2.29. The molecule has 0 spiro atoms. The van der Waals surface area contributed by atoms with E-state index in [0.29, 0.717) is 13.0 Å². The Morgan fingerprint density at radius 2 is 1.60 bits per heavy atom. The summed E-state index contributed by atoms with van der Waals surface area (Å²) in [7, 11) is 0. The molecule has 1 aliphatic rings. The normalized spacial score (nSPS) is 18.4. The zero-order chi connectivity index (χ0) is 14.9. The van der Waals surface area contributed by atoms with Crippen LogP contribution in [0.4, 0.5) is 22.0 Å². The average Bonchev–Trinajstić information content (AvgIpc) is 2.97. The number of halogens is 5. The van der Waals surface area contributed by atoms with Crippen molar-refractivity contribution in [1.29, 1.82) is 0 Å². The molecule has 1 saturated heterocycles. The third kappa shape index (κ3) is 2.60. The van der Waals surface area contributed by atoms with Gasteiger partial charge in [0.2, 0.25) is 29.1 Å². The first-order valence-electron chi connectivity index (χ1n) is 5.68. The lowest BCUT2D eigenvalue weighted by Crippen LogP contribution is -2.22. The molecule has 0 aliphatic carbocycles. The standard InChI is InChI=1S/C12H9F5O3/c13-7-8(14)10(16)12(11(17)9(7)15)20-4-6(18)5-1-2-19-3-5/h5H,1-4H2. The van der Waals surface area contributed by atoms with Gasteiger partial charge in [-0.2, -0.15) is 8.78 Å². The molecule has 1 unspecified atom stereocenters. The first kappa shape index (κ1) is 14.7. The Morgan fingerprint density at radius 1 is 1.05 bits per heavy atom. The second kappa shape index (κ2) is 5.74. The predicted molar refractivity (Wildman–Crippen MR) is 55.7 cm³/mol. The van der Waals surface area contributed by atoms with Crippen molar-refractivity contribution in [2.75, 3.05) is 19.8 Å². The lowest BCUT2D eigenvalue weighted by atomic mass is 10.0. The number of carbonyl (C=O) groups is 1. The Bertz CT molecular complexity index is 511. The highest BCUT2D eigenvalue weighted by atomic mass is 19.2. The molecule has 1 fully saturated rings. The Balaban J connectivity index is 2.15. The topological polar surface area (TPSA) is 35.5 Å². The number of Topliss-reactive ketones (excluding diaryl/α,β-unsaturated/α-hetero) is 1. The fourth-order valence-electron chi connectivity index (χ4n) is 1.76. The first-order valence-corrected chi connectivity index (χ1v) is 5.68. The quantitative estimate of drug-likeness (QED) is 0.486. The monoisotopic (exact) mass is 296 g/mol. The zero-order valence-electron chi connectivity index (χ0n) is 10.0. The van der Waals surface area contributed by atoms with Crippen LogP contribution < -0.4 is 4.74 Å². The molecular weight excluding hydrogens is 287 g/mol. The van der Waals surface area contributed by atoms with E-state index in [9.17, 15) is 26.7 Å². The van der Waals surface area contributed by atoms with Crippen LogP contribution in [0.3, 0.4) is 0 Å². The third-order valence-electron chi connectivity index (χ3n) is 2.91. The van der Waals surface area contributed by atoms with E-state index in [2.05, 4.69) is 4.74 Å². The van der Waals surface area contributed by atoms with E-state index in [1.54, 1.807) is 0 Å². The van der Waals surface area contributed by atoms with E-state index >= 15 is 0 Å². The Kier molecular flexibility index (Phi) is 4.22. The van der Waals surface area contributed by atoms with Gasteiger partial charge >= 0.3 is 0 Å². The van der Waals surface area contributed by atoms with Gasteiger partial charge in [0.05, 0.1) is 6.61 Å². The summed E-state index contributed by atoms with van der Waals surface area (Å²) >= 11 is 0. The molecule has 110 valence electrons. The van der Waals surface area contributed by atoms with Crippen molar-refractivity contribution in [2.45, 2.75) is 6.42 Å². The van der Waals surface area contributed by atoms with Crippen LogP contribution in [0.5, 0.6) is 5.75 Å². The summed E-state index contributed by atoms with van der Waals surface area (Å²) in [5.41, 5.74) is 0. The van der Waals surface area contributed by atoms with Crippen LogP contribution in [0.25, 0.3) is 0 Å². The minimum absolute atomic E-state index is 0.152. The summed E-state index contributed by atoms with van der Waals surface area (Å²) in [5.74, 6) is -13.2. The zero-order valence-corrected chi connectivity index (χ0v) is 10.0. The van der Waals surface area contributed by atoms with Gasteiger partial charge in [0.1, 0.15) is 6.61 Å². The van der Waals surface area contributed by atoms with Gasteiger partial charge in [-0.05, 0) is 6.42 Å². The molecule has 3 nitrogen and oxygen atoms in total. The van der Waals surface area contributed by atoms with Crippen LogP contribution in [-0.2, 0) is 9.53 Å². The van der Waals surface area contributed by atoms with Gasteiger partial charge in [0.15, 0.2) is 11.5 Å². The number of ether oxygens (including phenoxy) is 2. The molecule has 1 atom stereocenters. The van der Waals surface area contributed by atoms with E-state index in [0.717, 1.165) is 0 Å². The number of rotatable bonds is 4. The van der Waals surface area contributed by atoms with Crippen molar-refractivity contribution in [3.05, 3.63) is 29.1 Å². The van der Waals surface area contributed by atoms with Crippen LogP contribution in [0.2, 0.25) is 0 Å². The van der Waals surface area contributed by atoms with Crippen LogP contribution in [0.1, 0.15) is 6.42 Å². The highest BCUT2D eigenvalue weighted by Gasteiger charge is 2.29. The van der Waals surface area contributed by atoms with Crippen molar-refractivity contribution in [3.8, 4) is 5.75 Å². The molecule has 1 aliphatic heterocycles. The van der Waals surface area contributed by atoms with Crippen LogP contribution in [0.15, 0.2) is 0 Å². The van der Waals surface area contributed by atoms with Gasteiger partial charge in [0.25, 0.3) is 0 Å². The van der Waals surface area contributed by atoms with Crippen molar-refractivity contribution in [2.24, 2.45) is 5.92 Å². The first-order chi connectivity index (χ1) is 9.43. The molecule has 0 saturated carbocycles.